The van der Waals surface area contributed by atoms with E-state index >= 15 is 0 Å². The van der Waals surface area contributed by atoms with E-state index in [1.165, 1.54) is 0 Å². The van der Waals surface area contributed by atoms with Gasteiger partial charge >= 0.3 is 0 Å². The van der Waals surface area contributed by atoms with Crippen LogP contribution in [0.1, 0.15) is 46.5 Å². The second-order valence-electron chi connectivity index (χ2n) is 5.76. The molecule has 2 heteroatoms. The van der Waals surface area contributed by atoms with Crippen molar-refractivity contribution >= 4 is 0 Å². The van der Waals surface area contributed by atoms with Crippen molar-refractivity contribution in [3.8, 4) is 0 Å². The molecular weight excluding hydrogens is 254 g/mol. The summed E-state index contributed by atoms with van der Waals surface area (Å²) in [6, 6.07) is 0. The molecule has 0 N–H and O–H groups in total. The molecule has 0 saturated heterocycles. The number of alkyl halides is 2. The molecule has 114 valence electrons. The highest BCUT2D eigenvalue weighted by atomic mass is 19.2. The lowest BCUT2D eigenvalue weighted by molar-refractivity contribution is 0.0965. The third-order valence-electron chi connectivity index (χ3n) is 4.29. The Kier molecular flexibility index (Phi) is 7.18. The number of allylic oxidation sites excluding steroid dienone is 5. The van der Waals surface area contributed by atoms with E-state index in [9.17, 15) is 8.78 Å². The van der Waals surface area contributed by atoms with Gasteiger partial charge in [-0.1, -0.05) is 58.1 Å². The number of hydrogen-bond donors (Lipinski definition) is 0. The lowest BCUT2D eigenvalue weighted by Gasteiger charge is -2.30. The lowest BCUT2D eigenvalue weighted by atomic mass is 9.80. The second kappa shape index (κ2) is 8.39. The zero-order chi connectivity index (χ0) is 15.1. The summed E-state index contributed by atoms with van der Waals surface area (Å²) in [5.41, 5.74) is 0.681. The average Bonchev–Trinajstić information content (AvgIpc) is 2.45. The standard InChI is InChI=1S/C18H28F2/c1-5-8-14(6-2)10-9-13(4)16-12-11-15(7-3)17(19)18(16)20/h9-12,14-18H,4-8H2,1-3H3/b10-9-/t14?,15?,16?,17-,18?/m0/s1. The van der Waals surface area contributed by atoms with Gasteiger partial charge in [0.25, 0.3) is 0 Å². The van der Waals surface area contributed by atoms with E-state index < -0.39 is 18.3 Å². The van der Waals surface area contributed by atoms with E-state index in [1.807, 2.05) is 19.1 Å². The van der Waals surface area contributed by atoms with Crippen molar-refractivity contribution in [2.75, 3.05) is 0 Å². The van der Waals surface area contributed by atoms with Crippen LogP contribution in [0.15, 0.2) is 36.5 Å². The fourth-order valence-corrected chi connectivity index (χ4v) is 2.78. The van der Waals surface area contributed by atoms with Crippen LogP contribution in [0.25, 0.3) is 0 Å². The third-order valence-corrected chi connectivity index (χ3v) is 4.29. The molecule has 0 saturated carbocycles. The molecule has 0 aromatic heterocycles. The van der Waals surface area contributed by atoms with Gasteiger partial charge in [0.15, 0.2) is 0 Å². The van der Waals surface area contributed by atoms with Gasteiger partial charge in [-0.25, -0.2) is 8.78 Å². The SMILES string of the molecule is C=C(/C=C\C(CC)CCC)C1C=CC(CC)[C@H](F)C1F. The van der Waals surface area contributed by atoms with Crippen molar-refractivity contribution in [3.63, 3.8) is 0 Å². The van der Waals surface area contributed by atoms with E-state index in [-0.39, 0.29) is 5.92 Å². The monoisotopic (exact) mass is 282 g/mol. The predicted octanol–water partition coefficient (Wildman–Crippen LogP) is 5.81. The predicted molar refractivity (Wildman–Crippen MR) is 83.2 cm³/mol. The van der Waals surface area contributed by atoms with Gasteiger partial charge in [0, 0.05) is 11.8 Å². The van der Waals surface area contributed by atoms with Crippen LogP contribution in [0, 0.1) is 17.8 Å². The Morgan fingerprint density at radius 1 is 1.20 bits per heavy atom. The van der Waals surface area contributed by atoms with Gasteiger partial charge in [0.05, 0.1) is 0 Å². The van der Waals surface area contributed by atoms with Crippen LogP contribution < -0.4 is 0 Å². The number of rotatable bonds is 7. The fraction of sp³-hybridized carbons (Fsp3) is 0.667. The second-order valence-corrected chi connectivity index (χ2v) is 5.76. The van der Waals surface area contributed by atoms with Crippen molar-refractivity contribution in [1.29, 1.82) is 0 Å². The molecule has 1 rings (SSSR count). The van der Waals surface area contributed by atoms with Crippen LogP contribution in [-0.2, 0) is 0 Å². The summed E-state index contributed by atoms with van der Waals surface area (Å²) in [7, 11) is 0. The van der Waals surface area contributed by atoms with Crippen LogP contribution in [0.4, 0.5) is 8.78 Å². The summed E-state index contributed by atoms with van der Waals surface area (Å²) in [4.78, 5) is 0. The minimum Gasteiger partial charge on any atom is -0.244 e. The Hall–Kier alpha value is -0.920. The summed E-state index contributed by atoms with van der Waals surface area (Å²) in [6.07, 6.45) is 8.71. The molecule has 5 atom stereocenters. The fourth-order valence-electron chi connectivity index (χ4n) is 2.78. The third kappa shape index (κ3) is 4.29. The lowest BCUT2D eigenvalue weighted by Crippen LogP contribution is -2.35. The Labute approximate surface area is 122 Å². The minimum absolute atomic E-state index is 0.290. The largest absolute Gasteiger partial charge is 0.244 e. The van der Waals surface area contributed by atoms with Crippen LogP contribution in [0.2, 0.25) is 0 Å². The molecule has 0 fully saturated rings. The summed E-state index contributed by atoms with van der Waals surface area (Å²) >= 11 is 0. The normalized spacial score (nSPS) is 31.6. The maximum atomic E-state index is 14.2. The Morgan fingerprint density at radius 2 is 1.90 bits per heavy atom. The van der Waals surface area contributed by atoms with Gasteiger partial charge in [-0.2, -0.15) is 0 Å². The first-order valence-corrected chi connectivity index (χ1v) is 7.88. The smallest absolute Gasteiger partial charge is 0.142 e. The maximum absolute atomic E-state index is 14.2. The summed E-state index contributed by atoms with van der Waals surface area (Å²) in [5, 5.41) is 0. The van der Waals surface area contributed by atoms with Gasteiger partial charge in [-0.05, 0) is 30.8 Å². The zero-order valence-corrected chi connectivity index (χ0v) is 13.0. The molecule has 0 spiro atoms. The van der Waals surface area contributed by atoms with Gasteiger partial charge in [0.1, 0.15) is 12.3 Å². The van der Waals surface area contributed by atoms with Crippen molar-refractivity contribution < 1.29 is 8.78 Å². The molecule has 1 aliphatic rings. The molecule has 1 aliphatic carbocycles. The first kappa shape index (κ1) is 17.1. The van der Waals surface area contributed by atoms with Crippen LogP contribution >= 0.6 is 0 Å². The van der Waals surface area contributed by atoms with Gasteiger partial charge < -0.3 is 0 Å². The number of halogens is 2. The minimum atomic E-state index is -1.46. The van der Waals surface area contributed by atoms with Crippen LogP contribution in [0.5, 0.6) is 0 Å². The molecule has 4 unspecified atom stereocenters. The molecule has 0 nitrogen and oxygen atoms in total. The van der Waals surface area contributed by atoms with Crippen molar-refractivity contribution in [2.24, 2.45) is 17.8 Å². The van der Waals surface area contributed by atoms with E-state index in [0.717, 1.165) is 19.3 Å². The van der Waals surface area contributed by atoms with Gasteiger partial charge in [0.2, 0.25) is 0 Å². The molecule has 0 heterocycles. The van der Waals surface area contributed by atoms with Crippen molar-refractivity contribution in [2.45, 2.75) is 58.8 Å². The Balaban J connectivity index is 2.70. The van der Waals surface area contributed by atoms with E-state index in [0.29, 0.717) is 17.9 Å². The zero-order valence-electron chi connectivity index (χ0n) is 13.0. The van der Waals surface area contributed by atoms with Crippen LogP contribution in [0.3, 0.4) is 0 Å². The molecule has 0 aromatic rings. The average molecular weight is 282 g/mol. The molecule has 0 radical (unpaired) electrons. The first-order valence-electron chi connectivity index (χ1n) is 7.88. The Morgan fingerprint density at radius 3 is 2.45 bits per heavy atom. The quantitative estimate of drug-likeness (QED) is 0.408. The topological polar surface area (TPSA) is 0 Å². The molecule has 20 heavy (non-hydrogen) atoms. The van der Waals surface area contributed by atoms with Crippen LogP contribution in [-0.4, -0.2) is 12.3 Å². The van der Waals surface area contributed by atoms with Crippen molar-refractivity contribution in [1.82, 2.24) is 0 Å². The summed E-state index contributed by atoms with van der Waals surface area (Å²) in [5.74, 6) is -0.295. The van der Waals surface area contributed by atoms with E-state index in [4.69, 9.17) is 0 Å². The highest BCUT2D eigenvalue weighted by Crippen LogP contribution is 2.34. The van der Waals surface area contributed by atoms with E-state index in [1.54, 1.807) is 6.08 Å². The van der Waals surface area contributed by atoms with Gasteiger partial charge in [-0.3, -0.25) is 0 Å². The molecule has 0 aromatic carbocycles. The molecular formula is C18H28F2. The highest BCUT2D eigenvalue weighted by Gasteiger charge is 2.36. The first-order chi connectivity index (χ1) is 9.54. The van der Waals surface area contributed by atoms with E-state index in [2.05, 4.69) is 26.5 Å². The van der Waals surface area contributed by atoms with Crippen molar-refractivity contribution in [3.05, 3.63) is 36.5 Å². The number of hydrogen-bond acceptors (Lipinski definition) is 0. The Bertz CT molecular complexity index is 356. The maximum Gasteiger partial charge on any atom is 0.142 e. The molecule has 0 amide bonds. The summed E-state index contributed by atoms with van der Waals surface area (Å²) < 4.78 is 28.1. The van der Waals surface area contributed by atoms with Gasteiger partial charge in [-0.15, -0.1) is 0 Å². The molecule has 0 aliphatic heterocycles. The molecule has 0 bridgehead atoms. The summed E-state index contributed by atoms with van der Waals surface area (Å²) in [6.45, 7) is 10.1. The highest BCUT2D eigenvalue weighted by molar-refractivity contribution is 5.27.